The Morgan fingerprint density at radius 3 is 2.67 bits per heavy atom. The number of rotatable bonds is 2. The maximum absolute atomic E-state index is 11.7. The summed E-state index contributed by atoms with van der Waals surface area (Å²) in [6.45, 7) is 0. The largest absolute Gasteiger partial charge is 0.507 e. The lowest BCUT2D eigenvalue weighted by molar-refractivity contribution is 0.0907. The molecular formula is C11H14N2O2. The van der Waals surface area contributed by atoms with E-state index >= 15 is 0 Å². The monoisotopic (exact) mass is 206 g/mol. The summed E-state index contributed by atoms with van der Waals surface area (Å²) in [5.41, 5.74) is 5.93. The molecule has 4 N–H and O–H groups in total. The number of amides is 1. The minimum Gasteiger partial charge on any atom is -0.507 e. The first kappa shape index (κ1) is 9.98. The summed E-state index contributed by atoms with van der Waals surface area (Å²) in [7, 11) is 0. The standard InChI is InChI=1S/C11H14N2O2/c12-7-5-8(6-7)13-11(15)9-3-1-2-4-10(9)14/h1-4,7-8,14H,5-6,12H2,(H,13,15). The number of hydrogen-bond donors (Lipinski definition) is 3. The van der Waals surface area contributed by atoms with E-state index in [1.54, 1.807) is 18.2 Å². The molecular weight excluding hydrogens is 192 g/mol. The fourth-order valence-corrected chi connectivity index (χ4v) is 1.71. The lowest BCUT2D eigenvalue weighted by atomic mass is 9.87. The van der Waals surface area contributed by atoms with Gasteiger partial charge < -0.3 is 16.2 Å². The number of nitrogens with two attached hydrogens (primary N) is 1. The first-order valence-electron chi connectivity index (χ1n) is 5.01. The average Bonchev–Trinajstić information content (AvgIpc) is 2.16. The van der Waals surface area contributed by atoms with E-state index < -0.39 is 0 Å². The molecule has 0 aromatic heterocycles. The van der Waals surface area contributed by atoms with E-state index in [1.807, 2.05) is 0 Å². The highest BCUT2D eigenvalue weighted by Gasteiger charge is 2.27. The quantitative estimate of drug-likeness (QED) is 0.663. The number of hydrogen-bond acceptors (Lipinski definition) is 3. The van der Waals surface area contributed by atoms with Crippen LogP contribution in [0.25, 0.3) is 0 Å². The van der Waals surface area contributed by atoms with Crippen molar-refractivity contribution in [3.05, 3.63) is 29.8 Å². The van der Waals surface area contributed by atoms with Crippen molar-refractivity contribution >= 4 is 5.91 Å². The van der Waals surface area contributed by atoms with Gasteiger partial charge in [0.25, 0.3) is 5.91 Å². The van der Waals surface area contributed by atoms with Gasteiger partial charge in [0.1, 0.15) is 5.75 Å². The molecule has 0 radical (unpaired) electrons. The number of carbonyl (C=O) groups is 1. The van der Waals surface area contributed by atoms with Crippen LogP contribution in [0, 0.1) is 0 Å². The summed E-state index contributed by atoms with van der Waals surface area (Å²) in [4.78, 5) is 11.7. The van der Waals surface area contributed by atoms with Crippen LogP contribution in [-0.2, 0) is 0 Å². The third-order valence-corrected chi connectivity index (χ3v) is 2.66. The Morgan fingerprint density at radius 1 is 1.40 bits per heavy atom. The molecule has 0 spiro atoms. The van der Waals surface area contributed by atoms with Crippen molar-refractivity contribution in [1.82, 2.24) is 5.32 Å². The van der Waals surface area contributed by atoms with Gasteiger partial charge in [0.2, 0.25) is 0 Å². The Hall–Kier alpha value is -1.55. The van der Waals surface area contributed by atoms with E-state index in [-0.39, 0.29) is 23.7 Å². The van der Waals surface area contributed by atoms with Crippen LogP contribution in [0.4, 0.5) is 0 Å². The summed E-state index contributed by atoms with van der Waals surface area (Å²) in [5.74, 6) is -0.219. The zero-order valence-electron chi connectivity index (χ0n) is 8.31. The predicted octanol–water partition coefficient (Wildman–Crippen LogP) is 0.612. The van der Waals surface area contributed by atoms with Crippen molar-refractivity contribution < 1.29 is 9.90 Å². The summed E-state index contributed by atoms with van der Waals surface area (Å²) in [6.07, 6.45) is 1.64. The van der Waals surface area contributed by atoms with Gasteiger partial charge >= 0.3 is 0 Å². The van der Waals surface area contributed by atoms with Crippen molar-refractivity contribution in [3.8, 4) is 5.75 Å². The van der Waals surface area contributed by atoms with Gasteiger partial charge in [-0.15, -0.1) is 0 Å². The van der Waals surface area contributed by atoms with Crippen molar-refractivity contribution in [1.29, 1.82) is 0 Å². The highest BCUT2D eigenvalue weighted by atomic mass is 16.3. The Bertz CT molecular complexity index is 373. The maximum atomic E-state index is 11.7. The molecule has 0 atom stereocenters. The zero-order valence-corrected chi connectivity index (χ0v) is 8.31. The Labute approximate surface area is 88.1 Å². The van der Waals surface area contributed by atoms with Gasteiger partial charge in [0.15, 0.2) is 0 Å². The number of benzene rings is 1. The van der Waals surface area contributed by atoms with E-state index in [9.17, 15) is 9.90 Å². The highest BCUT2D eigenvalue weighted by Crippen LogP contribution is 2.20. The Balaban J connectivity index is 1.99. The second kappa shape index (κ2) is 3.90. The lowest BCUT2D eigenvalue weighted by Crippen LogP contribution is -2.50. The van der Waals surface area contributed by atoms with Gasteiger partial charge in [-0.2, -0.15) is 0 Å². The average molecular weight is 206 g/mol. The van der Waals surface area contributed by atoms with Crippen LogP contribution in [0.3, 0.4) is 0 Å². The molecule has 0 heterocycles. The second-order valence-electron chi connectivity index (χ2n) is 3.92. The number of carbonyl (C=O) groups excluding carboxylic acids is 1. The van der Waals surface area contributed by atoms with Crippen molar-refractivity contribution in [2.45, 2.75) is 24.9 Å². The molecule has 2 rings (SSSR count). The van der Waals surface area contributed by atoms with Gasteiger partial charge in [-0.1, -0.05) is 12.1 Å². The predicted molar refractivity (Wildman–Crippen MR) is 56.6 cm³/mol. The number of phenols is 1. The second-order valence-corrected chi connectivity index (χ2v) is 3.92. The zero-order chi connectivity index (χ0) is 10.8. The minimum absolute atomic E-state index is 0.0126. The van der Waals surface area contributed by atoms with Crippen LogP contribution < -0.4 is 11.1 Å². The van der Waals surface area contributed by atoms with Crippen molar-refractivity contribution in [2.24, 2.45) is 5.73 Å². The molecule has 1 amide bonds. The molecule has 1 aliphatic rings. The summed E-state index contributed by atoms with van der Waals surface area (Å²) in [6, 6.07) is 6.88. The topological polar surface area (TPSA) is 75.3 Å². The van der Waals surface area contributed by atoms with Crippen molar-refractivity contribution in [3.63, 3.8) is 0 Å². The molecule has 80 valence electrons. The van der Waals surface area contributed by atoms with Crippen LogP contribution in [-0.4, -0.2) is 23.1 Å². The summed E-state index contributed by atoms with van der Waals surface area (Å²) >= 11 is 0. The van der Waals surface area contributed by atoms with Crippen LogP contribution in [0.1, 0.15) is 23.2 Å². The fourth-order valence-electron chi connectivity index (χ4n) is 1.71. The van der Waals surface area contributed by atoms with E-state index in [1.165, 1.54) is 6.07 Å². The van der Waals surface area contributed by atoms with Crippen LogP contribution in [0.15, 0.2) is 24.3 Å². The number of para-hydroxylation sites is 1. The third kappa shape index (κ3) is 2.10. The molecule has 0 saturated heterocycles. The molecule has 1 aromatic carbocycles. The normalized spacial score (nSPS) is 24.3. The van der Waals surface area contributed by atoms with E-state index in [2.05, 4.69) is 5.32 Å². The van der Waals surface area contributed by atoms with Crippen LogP contribution in [0.2, 0.25) is 0 Å². The van der Waals surface area contributed by atoms with Gasteiger partial charge in [-0.05, 0) is 25.0 Å². The Morgan fingerprint density at radius 2 is 2.07 bits per heavy atom. The molecule has 4 nitrogen and oxygen atoms in total. The number of aromatic hydroxyl groups is 1. The molecule has 15 heavy (non-hydrogen) atoms. The Kier molecular flexibility index (Phi) is 2.60. The molecule has 1 fully saturated rings. The molecule has 0 bridgehead atoms. The summed E-state index contributed by atoms with van der Waals surface area (Å²) in [5, 5.41) is 12.3. The van der Waals surface area contributed by atoms with E-state index in [0.29, 0.717) is 5.56 Å². The highest BCUT2D eigenvalue weighted by molar-refractivity contribution is 5.96. The van der Waals surface area contributed by atoms with Crippen molar-refractivity contribution in [2.75, 3.05) is 0 Å². The molecule has 1 saturated carbocycles. The van der Waals surface area contributed by atoms with Crippen LogP contribution in [0.5, 0.6) is 5.75 Å². The first-order valence-corrected chi connectivity index (χ1v) is 5.01. The molecule has 1 aromatic rings. The SMILES string of the molecule is NC1CC(NC(=O)c2ccccc2O)C1. The summed E-state index contributed by atoms with van der Waals surface area (Å²) < 4.78 is 0. The molecule has 0 aliphatic heterocycles. The molecule has 1 aliphatic carbocycles. The third-order valence-electron chi connectivity index (χ3n) is 2.66. The van der Waals surface area contributed by atoms with Gasteiger partial charge in [0, 0.05) is 12.1 Å². The van der Waals surface area contributed by atoms with E-state index in [0.717, 1.165) is 12.8 Å². The minimum atomic E-state index is -0.231. The van der Waals surface area contributed by atoms with Crippen LogP contribution >= 0.6 is 0 Å². The number of nitrogens with one attached hydrogen (secondary N) is 1. The molecule has 4 heteroatoms. The van der Waals surface area contributed by atoms with Gasteiger partial charge in [-0.25, -0.2) is 0 Å². The van der Waals surface area contributed by atoms with Gasteiger partial charge in [0.05, 0.1) is 5.56 Å². The van der Waals surface area contributed by atoms with E-state index in [4.69, 9.17) is 5.73 Å². The molecule has 0 unspecified atom stereocenters. The number of phenolic OH excluding ortho intramolecular Hbond substituents is 1. The maximum Gasteiger partial charge on any atom is 0.255 e. The lowest BCUT2D eigenvalue weighted by Gasteiger charge is -2.32. The smallest absolute Gasteiger partial charge is 0.255 e. The first-order chi connectivity index (χ1) is 7.16. The van der Waals surface area contributed by atoms with Gasteiger partial charge in [-0.3, -0.25) is 4.79 Å². The fraction of sp³-hybridized carbons (Fsp3) is 0.364.